The molecule has 8 nitrogen and oxygen atoms in total. The summed E-state index contributed by atoms with van der Waals surface area (Å²) in [6.07, 6.45) is -3.00. The Balaban J connectivity index is 1.60. The predicted octanol–water partition coefficient (Wildman–Crippen LogP) is 5.42. The molecule has 36 heavy (non-hydrogen) atoms. The van der Waals surface area contributed by atoms with Crippen LogP contribution in [-0.4, -0.2) is 44.4 Å². The Bertz CT molecular complexity index is 1080. The highest BCUT2D eigenvalue weighted by atomic mass is 16.7. The minimum absolute atomic E-state index is 0.0758. The molecule has 4 rings (SSSR count). The SMILES string of the molecule is CO[C@H]1O[C@H](CN=[N+]=[N-])[C@@H](OCc2ccccc2)[C@H](OCc2ccccc2)[C@H]1OCc1ccccc1. The third-order valence-electron chi connectivity index (χ3n) is 6.00. The molecule has 1 saturated heterocycles. The van der Waals surface area contributed by atoms with Gasteiger partial charge in [0.05, 0.1) is 32.5 Å². The summed E-state index contributed by atoms with van der Waals surface area (Å²) in [5.41, 5.74) is 12.0. The van der Waals surface area contributed by atoms with E-state index >= 15 is 0 Å². The van der Waals surface area contributed by atoms with Gasteiger partial charge in [0.25, 0.3) is 0 Å². The minimum atomic E-state index is -0.732. The van der Waals surface area contributed by atoms with E-state index in [2.05, 4.69) is 10.0 Å². The van der Waals surface area contributed by atoms with Crippen LogP contribution in [0.25, 0.3) is 10.4 Å². The highest BCUT2D eigenvalue weighted by Gasteiger charge is 2.48. The zero-order valence-electron chi connectivity index (χ0n) is 20.3. The molecule has 0 aliphatic carbocycles. The van der Waals surface area contributed by atoms with Crippen LogP contribution < -0.4 is 0 Å². The highest BCUT2D eigenvalue weighted by molar-refractivity contribution is 5.15. The third-order valence-corrected chi connectivity index (χ3v) is 6.00. The van der Waals surface area contributed by atoms with Crippen LogP contribution in [0.1, 0.15) is 16.7 Å². The van der Waals surface area contributed by atoms with Crippen LogP contribution in [0, 0.1) is 0 Å². The van der Waals surface area contributed by atoms with Gasteiger partial charge in [-0.3, -0.25) is 0 Å². The van der Waals surface area contributed by atoms with Gasteiger partial charge in [0, 0.05) is 12.0 Å². The highest BCUT2D eigenvalue weighted by Crippen LogP contribution is 2.31. The Morgan fingerprint density at radius 3 is 1.58 bits per heavy atom. The van der Waals surface area contributed by atoms with E-state index in [1.54, 1.807) is 7.11 Å². The van der Waals surface area contributed by atoms with Gasteiger partial charge in [0.1, 0.15) is 18.3 Å². The number of benzene rings is 3. The van der Waals surface area contributed by atoms with Crippen molar-refractivity contribution in [3.05, 3.63) is 118 Å². The first kappa shape index (κ1) is 25.9. The molecule has 3 aromatic carbocycles. The number of methoxy groups -OCH3 is 1. The van der Waals surface area contributed by atoms with Gasteiger partial charge < -0.3 is 23.7 Å². The van der Waals surface area contributed by atoms with E-state index in [1.807, 2.05) is 91.0 Å². The lowest BCUT2D eigenvalue weighted by molar-refractivity contribution is -0.315. The smallest absolute Gasteiger partial charge is 0.186 e. The van der Waals surface area contributed by atoms with E-state index in [1.165, 1.54) is 0 Å². The van der Waals surface area contributed by atoms with Crippen LogP contribution in [0.2, 0.25) is 0 Å². The van der Waals surface area contributed by atoms with Crippen molar-refractivity contribution in [2.24, 2.45) is 5.11 Å². The Kier molecular flexibility index (Phi) is 9.87. The molecule has 0 unspecified atom stereocenters. The third kappa shape index (κ3) is 7.15. The van der Waals surface area contributed by atoms with Crippen LogP contribution in [0.4, 0.5) is 0 Å². The van der Waals surface area contributed by atoms with Gasteiger partial charge in [0.15, 0.2) is 6.29 Å². The van der Waals surface area contributed by atoms with Gasteiger partial charge >= 0.3 is 0 Å². The molecule has 3 aromatic rings. The topological polar surface area (TPSA) is 94.9 Å². The van der Waals surface area contributed by atoms with Gasteiger partial charge in [-0.15, -0.1) is 0 Å². The van der Waals surface area contributed by atoms with E-state index in [4.69, 9.17) is 29.2 Å². The van der Waals surface area contributed by atoms with Crippen molar-refractivity contribution in [2.75, 3.05) is 13.7 Å². The standard InChI is InChI=1S/C28H31N3O5/c1-32-28-27(35-20-23-15-9-4-10-16-23)26(34-19-22-13-7-3-8-14-22)25(24(36-28)17-30-31-29)33-18-21-11-5-2-6-12-21/h2-16,24-28H,17-20H2,1H3/t24-,25-,26+,27-,28+/m1/s1. The Hall–Kier alpha value is -3.23. The summed E-state index contributed by atoms with van der Waals surface area (Å²) < 4.78 is 31.1. The maximum absolute atomic E-state index is 8.97. The van der Waals surface area contributed by atoms with Crippen molar-refractivity contribution in [3.8, 4) is 0 Å². The molecule has 0 saturated carbocycles. The summed E-state index contributed by atoms with van der Waals surface area (Å²) in [6, 6.07) is 29.7. The molecule has 0 aromatic heterocycles. The monoisotopic (exact) mass is 489 g/mol. The van der Waals surface area contributed by atoms with Gasteiger partial charge in [-0.05, 0) is 22.2 Å². The average Bonchev–Trinajstić information content (AvgIpc) is 2.94. The molecule has 0 spiro atoms. The van der Waals surface area contributed by atoms with Crippen LogP contribution in [0.3, 0.4) is 0 Å². The van der Waals surface area contributed by atoms with Crippen molar-refractivity contribution < 1.29 is 23.7 Å². The van der Waals surface area contributed by atoms with E-state index in [0.29, 0.717) is 19.8 Å². The lowest BCUT2D eigenvalue weighted by Gasteiger charge is -2.45. The molecule has 0 bridgehead atoms. The van der Waals surface area contributed by atoms with Crippen molar-refractivity contribution in [3.63, 3.8) is 0 Å². The lowest BCUT2D eigenvalue weighted by atomic mass is 9.97. The van der Waals surface area contributed by atoms with Crippen molar-refractivity contribution >= 4 is 0 Å². The molecule has 5 atom stereocenters. The minimum Gasteiger partial charge on any atom is -0.368 e. The molecule has 0 radical (unpaired) electrons. The second-order valence-electron chi connectivity index (χ2n) is 8.48. The molecular formula is C28H31N3O5. The van der Waals surface area contributed by atoms with Gasteiger partial charge in [-0.25, -0.2) is 0 Å². The number of rotatable bonds is 12. The first-order valence-electron chi connectivity index (χ1n) is 11.9. The lowest BCUT2D eigenvalue weighted by Crippen LogP contribution is -2.61. The molecule has 0 N–H and O–H groups in total. The second-order valence-corrected chi connectivity index (χ2v) is 8.48. The first-order valence-corrected chi connectivity index (χ1v) is 11.9. The Labute approximate surface area is 211 Å². The molecule has 8 heteroatoms. The largest absolute Gasteiger partial charge is 0.368 e. The van der Waals surface area contributed by atoms with E-state index in [0.717, 1.165) is 16.7 Å². The summed E-state index contributed by atoms with van der Waals surface area (Å²) in [4.78, 5) is 2.92. The summed E-state index contributed by atoms with van der Waals surface area (Å²) in [5.74, 6) is 0. The Morgan fingerprint density at radius 2 is 1.14 bits per heavy atom. The number of ether oxygens (including phenoxy) is 5. The fraction of sp³-hybridized carbons (Fsp3) is 0.357. The summed E-state index contributed by atoms with van der Waals surface area (Å²) in [6.45, 7) is 1.13. The molecule has 1 fully saturated rings. The van der Waals surface area contributed by atoms with Gasteiger partial charge in [0.2, 0.25) is 0 Å². The predicted molar refractivity (Wildman–Crippen MR) is 135 cm³/mol. The summed E-state index contributed by atoms with van der Waals surface area (Å²) in [7, 11) is 1.56. The Morgan fingerprint density at radius 1 is 0.694 bits per heavy atom. The van der Waals surface area contributed by atoms with E-state index < -0.39 is 30.7 Å². The molecule has 1 heterocycles. The first-order chi connectivity index (χ1) is 17.8. The van der Waals surface area contributed by atoms with Gasteiger partial charge in [-0.2, -0.15) is 0 Å². The van der Waals surface area contributed by atoms with Gasteiger partial charge in [-0.1, -0.05) is 96.1 Å². The number of nitrogens with zero attached hydrogens (tertiary/aromatic N) is 3. The quantitative estimate of drug-likeness (QED) is 0.192. The zero-order chi connectivity index (χ0) is 25.0. The fourth-order valence-electron chi connectivity index (χ4n) is 4.20. The number of hydrogen-bond donors (Lipinski definition) is 0. The van der Waals surface area contributed by atoms with E-state index in [9.17, 15) is 0 Å². The number of azide groups is 1. The number of hydrogen-bond acceptors (Lipinski definition) is 6. The van der Waals surface area contributed by atoms with Crippen LogP contribution >= 0.6 is 0 Å². The van der Waals surface area contributed by atoms with Crippen LogP contribution in [0.5, 0.6) is 0 Å². The zero-order valence-corrected chi connectivity index (χ0v) is 20.3. The summed E-state index contributed by atoms with van der Waals surface area (Å²) in [5, 5.41) is 3.76. The molecular weight excluding hydrogens is 458 g/mol. The van der Waals surface area contributed by atoms with E-state index in [-0.39, 0.29) is 6.54 Å². The maximum atomic E-state index is 8.97. The van der Waals surface area contributed by atoms with Crippen LogP contribution in [0.15, 0.2) is 96.1 Å². The molecule has 1 aliphatic rings. The van der Waals surface area contributed by atoms with Crippen molar-refractivity contribution in [2.45, 2.75) is 50.5 Å². The van der Waals surface area contributed by atoms with Crippen molar-refractivity contribution in [1.82, 2.24) is 0 Å². The molecule has 0 amide bonds. The van der Waals surface area contributed by atoms with Crippen molar-refractivity contribution in [1.29, 1.82) is 0 Å². The van der Waals surface area contributed by atoms with Crippen LogP contribution in [-0.2, 0) is 43.5 Å². The average molecular weight is 490 g/mol. The summed E-state index contributed by atoms with van der Waals surface area (Å²) >= 11 is 0. The maximum Gasteiger partial charge on any atom is 0.186 e. The molecule has 188 valence electrons. The second kappa shape index (κ2) is 13.8. The normalized spacial score (nSPS) is 23.6. The molecule has 1 aliphatic heterocycles. The fourth-order valence-corrected chi connectivity index (χ4v) is 4.20.